The average molecular weight is 311 g/mol. The largest absolute Gasteiger partial charge is 0.494 e. The van der Waals surface area contributed by atoms with Crippen LogP contribution >= 0.6 is 0 Å². The number of carbonyl (C=O) groups excluding carboxylic acids is 2. The molecule has 1 aromatic carbocycles. The molecule has 0 heterocycles. The number of ether oxygens (including phenoxy) is 1. The summed E-state index contributed by atoms with van der Waals surface area (Å²) in [7, 11) is 2.86. The van der Waals surface area contributed by atoms with Gasteiger partial charge in [-0.25, -0.2) is 4.39 Å². The zero-order valence-corrected chi connectivity index (χ0v) is 13.2. The number of nitrogens with two attached hydrogens (primary N) is 1. The number of hydrogen-bond acceptors (Lipinski definition) is 4. The second-order valence-corrected chi connectivity index (χ2v) is 5.26. The van der Waals surface area contributed by atoms with Gasteiger partial charge in [-0.2, -0.15) is 0 Å². The Morgan fingerprint density at radius 1 is 1.41 bits per heavy atom. The Balaban J connectivity index is 2.66. The molecular formula is C15H22FN3O3. The van der Waals surface area contributed by atoms with E-state index in [9.17, 15) is 14.0 Å². The molecule has 0 fully saturated rings. The van der Waals surface area contributed by atoms with Gasteiger partial charge in [-0.1, -0.05) is 13.8 Å². The zero-order chi connectivity index (χ0) is 16.9. The van der Waals surface area contributed by atoms with Crippen molar-refractivity contribution in [2.24, 2.45) is 11.7 Å². The van der Waals surface area contributed by atoms with Gasteiger partial charge in [-0.05, 0) is 18.1 Å². The monoisotopic (exact) mass is 311 g/mol. The molecule has 0 bridgehead atoms. The summed E-state index contributed by atoms with van der Waals surface area (Å²) in [4.78, 5) is 25.0. The molecule has 6 nitrogen and oxygen atoms in total. The van der Waals surface area contributed by atoms with Crippen molar-refractivity contribution in [3.05, 3.63) is 24.0 Å². The average Bonchev–Trinajstić information content (AvgIpc) is 2.50. The van der Waals surface area contributed by atoms with E-state index in [4.69, 9.17) is 10.5 Å². The highest BCUT2D eigenvalue weighted by molar-refractivity contribution is 5.96. The molecule has 0 unspecified atom stereocenters. The van der Waals surface area contributed by atoms with Crippen molar-refractivity contribution >= 4 is 17.5 Å². The predicted octanol–water partition coefficient (Wildman–Crippen LogP) is 0.897. The molecular weight excluding hydrogens is 289 g/mol. The highest BCUT2D eigenvalue weighted by Crippen LogP contribution is 2.22. The lowest BCUT2D eigenvalue weighted by molar-refractivity contribution is -0.126. The fraction of sp³-hybridized carbons (Fsp3) is 0.467. The van der Waals surface area contributed by atoms with Crippen LogP contribution in [0.4, 0.5) is 10.1 Å². The lowest BCUT2D eigenvalue weighted by Crippen LogP contribution is -2.47. The van der Waals surface area contributed by atoms with Gasteiger partial charge in [0.05, 0.1) is 19.7 Å². The second kappa shape index (κ2) is 7.74. The van der Waals surface area contributed by atoms with Crippen LogP contribution in [-0.4, -0.2) is 38.6 Å². The number of rotatable bonds is 6. The summed E-state index contributed by atoms with van der Waals surface area (Å²) >= 11 is 0. The minimum absolute atomic E-state index is 0.0245. The Labute approximate surface area is 129 Å². The molecule has 1 rings (SSSR count). The number of nitrogens with one attached hydrogen (secondary N) is 1. The van der Waals surface area contributed by atoms with E-state index in [2.05, 4.69) is 5.32 Å². The second-order valence-electron chi connectivity index (χ2n) is 5.26. The van der Waals surface area contributed by atoms with Crippen LogP contribution in [0.2, 0.25) is 0 Å². The van der Waals surface area contributed by atoms with Gasteiger partial charge in [0.2, 0.25) is 11.8 Å². The van der Waals surface area contributed by atoms with E-state index < -0.39 is 17.8 Å². The molecule has 0 aromatic heterocycles. The summed E-state index contributed by atoms with van der Waals surface area (Å²) in [6.45, 7) is 3.43. The van der Waals surface area contributed by atoms with Crippen LogP contribution in [-0.2, 0) is 9.59 Å². The summed E-state index contributed by atoms with van der Waals surface area (Å²) in [6, 6.07) is 3.51. The molecule has 0 saturated heterocycles. The molecule has 122 valence electrons. The third kappa shape index (κ3) is 4.42. The molecule has 0 spiro atoms. The molecule has 7 heteroatoms. The smallest absolute Gasteiger partial charge is 0.246 e. The SMILES string of the molecule is COc1ccc(N(C)C(=O)CNC(=O)[C@@H](N)C(C)C)cc1F. The minimum atomic E-state index is -0.670. The topological polar surface area (TPSA) is 84.7 Å². The van der Waals surface area contributed by atoms with Crippen molar-refractivity contribution in [3.63, 3.8) is 0 Å². The quantitative estimate of drug-likeness (QED) is 0.817. The summed E-state index contributed by atoms with van der Waals surface area (Å²) in [6.07, 6.45) is 0. The van der Waals surface area contributed by atoms with Crippen LogP contribution in [0.3, 0.4) is 0 Å². The Bertz CT molecular complexity index is 549. The van der Waals surface area contributed by atoms with Gasteiger partial charge in [0.1, 0.15) is 0 Å². The third-order valence-electron chi connectivity index (χ3n) is 3.33. The molecule has 1 atom stereocenters. The van der Waals surface area contributed by atoms with Gasteiger partial charge in [0, 0.05) is 18.8 Å². The number of methoxy groups -OCH3 is 1. The Kier molecular flexibility index (Phi) is 6.30. The van der Waals surface area contributed by atoms with E-state index in [1.54, 1.807) is 6.07 Å². The lowest BCUT2D eigenvalue weighted by atomic mass is 10.1. The summed E-state index contributed by atoms with van der Waals surface area (Å²) < 4.78 is 18.5. The number of halogens is 1. The van der Waals surface area contributed by atoms with E-state index in [-0.39, 0.29) is 24.1 Å². The molecule has 0 saturated carbocycles. The van der Waals surface area contributed by atoms with E-state index in [0.717, 1.165) is 0 Å². The maximum atomic E-state index is 13.6. The maximum absolute atomic E-state index is 13.6. The Hall–Kier alpha value is -2.15. The Morgan fingerprint density at radius 3 is 2.55 bits per heavy atom. The van der Waals surface area contributed by atoms with Gasteiger partial charge in [-0.15, -0.1) is 0 Å². The number of amides is 2. The van der Waals surface area contributed by atoms with Gasteiger partial charge in [0.15, 0.2) is 11.6 Å². The molecule has 1 aromatic rings. The zero-order valence-electron chi connectivity index (χ0n) is 13.2. The number of likely N-dealkylation sites (N-methyl/N-ethyl adjacent to an activating group) is 1. The van der Waals surface area contributed by atoms with Crippen molar-refractivity contribution in [2.75, 3.05) is 25.6 Å². The van der Waals surface area contributed by atoms with Crippen molar-refractivity contribution < 1.29 is 18.7 Å². The van der Waals surface area contributed by atoms with Crippen LogP contribution in [0.5, 0.6) is 5.75 Å². The van der Waals surface area contributed by atoms with E-state index in [1.807, 2.05) is 13.8 Å². The standard InChI is InChI=1S/C15H22FN3O3/c1-9(2)14(17)15(21)18-8-13(20)19(3)10-5-6-12(22-4)11(16)7-10/h5-7,9,14H,8,17H2,1-4H3,(H,18,21)/t14-/m0/s1. The van der Waals surface area contributed by atoms with Crippen molar-refractivity contribution in [2.45, 2.75) is 19.9 Å². The first-order chi connectivity index (χ1) is 10.3. The van der Waals surface area contributed by atoms with Crippen molar-refractivity contribution in [1.29, 1.82) is 0 Å². The van der Waals surface area contributed by atoms with Gasteiger partial charge in [0.25, 0.3) is 0 Å². The van der Waals surface area contributed by atoms with E-state index >= 15 is 0 Å². The van der Waals surface area contributed by atoms with Crippen molar-refractivity contribution in [1.82, 2.24) is 5.32 Å². The van der Waals surface area contributed by atoms with Crippen LogP contribution in [0.15, 0.2) is 18.2 Å². The fourth-order valence-corrected chi connectivity index (χ4v) is 1.71. The normalized spacial score (nSPS) is 12.0. The summed E-state index contributed by atoms with van der Waals surface area (Å²) in [5, 5.41) is 2.48. The first-order valence-electron chi connectivity index (χ1n) is 6.91. The van der Waals surface area contributed by atoms with Crippen LogP contribution in [0, 0.1) is 11.7 Å². The fourth-order valence-electron chi connectivity index (χ4n) is 1.71. The summed E-state index contributed by atoms with van der Waals surface area (Å²) in [5.41, 5.74) is 6.05. The molecule has 0 radical (unpaired) electrons. The Morgan fingerprint density at radius 2 is 2.05 bits per heavy atom. The van der Waals surface area contributed by atoms with Gasteiger partial charge in [-0.3, -0.25) is 9.59 Å². The van der Waals surface area contributed by atoms with Crippen LogP contribution in [0.25, 0.3) is 0 Å². The number of carbonyl (C=O) groups is 2. The van der Waals surface area contributed by atoms with E-state index in [0.29, 0.717) is 5.69 Å². The van der Waals surface area contributed by atoms with Crippen molar-refractivity contribution in [3.8, 4) is 5.75 Å². The number of anilines is 1. The highest BCUT2D eigenvalue weighted by Gasteiger charge is 2.19. The minimum Gasteiger partial charge on any atom is -0.494 e. The lowest BCUT2D eigenvalue weighted by Gasteiger charge is -2.20. The number of hydrogen-bond donors (Lipinski definition) is 2. The predicted molar refractivity (Wildman–Crippen MR) is 82.2 cm³/mol. The molecule has 22 heavy (non-hydrogen) atoms. The molecule has 0 aliphatic carbocycles. The van der Waals surface area contributed by atoms with Crippen LogP contribution in [0.1, 0.15) is 13.8 Å². The van der Waals surface area contributed by atoms with E-state index in [1.165, 1.54) is 31.2 Å². The molecule has 0 aliphatic heterocycles. The molecule has 0 aliphatic rings. The number of benzene rings is 1. The van der Waals surface area contributed by atoms with Crippen LogP contribution < -0.4 is 20.7 Å². The molecule has 3 N–H and O–H groups in total. The highest BCUT2D eigenvalue weighted by atomic mass is 19.1. The summed E-state index contributed by atoms with van der Waals surface area (Å²) in [5.74, 6) is -1.26. The first-order valence-corrected chi connectivity index (χ1v) is 6.91. The third-order valence-corrected chi connectivity index (χ3v) is 3.33. The first kappa shape index (κ1) is 17.9. The molecule has 2 amide bonds. The van der Waals surface area contributed by atoms with Gasteiger partial charge < -0.3 is 20.7 Å². The maximum Gasteiger partial charge on any atom is 0.246 e. The number of nitrogens with zero attached hydrogens (tertiary/aromatic N) is 1. The van der Waals surface area contributed by atoms with Gasteiger partial charge >= 0.3 is 0 Å².